The molecule has 160 valence electrons. The minimum atomic E-state index is -2.47. The molecule has 1 aliphatic heterocycles. The molecule has 2 aromatic carbocycles. The van der Waals surface area contributed by atoms with Crippen molar-refractivity contribution >= 4 is 41.3 Å². The topological polar surface area (TPSA) is 18.5 Å². The van der Waals surface area contributed by atoms with E-state index in [2.05, 4.69) is 116 Å². The molecule has 0 N–H and O–H groups in total. The maximum Gasteiger partial charge on any atom is 0.261 e. The summed E-state index contributed by atoms with van der Waals surface area (Å²) < 4.78 is 13.9. The molecule has 0 bridgehead atoms. The van der Waals surface area contributed by atoms with Gasteiger partial charge in [-0.05, 0) is 41.6 Å². The van der Waals surface area contributed by atoms with Gasteiger partial charge in [0.1, 0.15) is 6.10 Å². The predicted octanol–water partition coefficient (Wildman–Crippen LogP) is 5.33. The van der Waals surface area contributed by atoms with Gasteiger partial charge in [0.15, 0.2) is 0 Å². The molecule has 2 nitrogen and oxygen atoms in total. The van der Waals surface area contributed by atoms with Gasteiger partial charge in [0.05, 0.1) is 6.10 Å². The van der Waals surface area contributed by atoms with Crippen molar-refractivity contribution in [2.24, 2.45) is 0 Å². The zero-order valence-electron chi connectivity index (χ0n) is 18.5. The highest BCUT2D eigenvalue weighted by molar-refractivity contribution is 14.1. The van der Waals surface area contributed by atoms with Crippen LogP contribution in [0.1, 0.15) is 47.0 Å². The summed E-state index contributed by atoms with van der Waals surface area (Å²) in [6.07, 6.45) is 3.28. The number of benzene rings is 2. The summed E-state index contributed by atoms with van der Waals surface area (Å²) in [5.74, 6) is 6.24. The van der Waals surface area contributed by atoms with E-state index < -0.39 is 8.32 Å². The van der Waals surface area contributed by atoms with Crippen LogP contribution in [0.3, 0.4) is 0 Å². The molecule has 2 aromatic rings. The van der Waals surface area contributed by atoms with E-state index in [1.807, 2.05) is 6.92 Å². The molecule has 1 saturated heterocycles. The van der Waals surface area contributed by atoms with Crippen molar-refractivity contribution in [2.45, 2.75) is 68.1 Å². The van der Waals surface area contributed by atoms with Gasteiger partial charge in [0.25, 0.3) is 8.32 Å². The Morgan fingerprint density at radius 3 is 2.07 bits per heavy atom. The summed E-state index contributed by atoms with van der Waals surface area (Å²) in [5.41, 5.74) is 0. The van der Waals surface area contributed by atoms with Gasteiger partial charge in [-0.1, -0.05) is 110 Å². The van der Waals surface area contributed by atoms with Gasteiger partial charge in [-0.15, -0.1) is 5.92 Å². The van der Waals surface area contributed by atoms with Crippen LogP contribution in [-0.2, 0) is 9.16 Å². The Hall–Kier alpha value is -1.13. The lowest BCUT2D eigenvalue weighted by molar-refractivity contribution is -0.0256. The lowest BCUT2D eigenvalue weighted by Crippen LogP contribution is -2.66. The third kappa shape index (κ3) is 5.37. The third-order valence-electron chi connectivity index (χ3n) is 5.83. The molecule has 1 fully saturated rings. The van der Waals surface area contributed by atoms with E-state index in [9.17, 15) is 0 Å². The van der Waals surface area contributed by atoms with Crippen molar-refractivity contribution in [3.05, 3.63) is 60.7 Å². The number of rotatable bonds is 6. The zero-order valence-corrected chi connectivity index (χ0v) is 21.7. The molecular formula is C26H33IO2Si. The van der Waals surface area contributed by atoms with E-state index in [1.165, 1.54) is 10.4 Å². The fraction of sp³-hybridized carbons (Fsp3) is 0.462. The van der Waals surface area contributed by atoms with Crippen LogP contribution in [0, 0.1) is 11.8 Å². The molecule has 3 rings (SSSR count). The summed E-state index contributed by atoms with van der Waals surface area (Å²) in [4.78, 5) is 0. The van der Waals surface area contributed by atoms with Gasteiger partial charge in [0.2, 0.25) is 0 Å². The standard InChI is InChI=1S/C26H33IO2Si/c1-5-12-22-19-21(27)20-23(29-22)17-18-28-30(26(2,3)4,24-13-8-6-9-14-24)25-15-10-7-11-16-25/h6-11,13-16,21-23H,17-20H2,1-4H3/t21-,22-,23+/m1/s1. The van der Waals surface area contributed by atoms with Crippen LogP contribution in [0.2, 0.25) is 5.04 Å². The third-order valence-corrected chi connectivity index (χ3v) is 11.9. The Balaban J connectivity index is 1.86. The molecule has 0 unspecified atom stereocenters. The molecule has 0 spiro atoms. The summed E-state index contributed by atoms with van der Waals surface area (Å²) in [5, 5.41) is 2.66. The highest BCUT2D eigenvalue weighted by atomic mass is 127. The van der Waals surface area contributed by atoms with Crippen LogP contribution in [0.15, 0.2) is 60.7 Å². The van der Waals surface area contributed by atoms with E-state index >= 15 is 0 Å². The Bertz CT molecular complexity index is 812. The molecule has 0 saturated carbocycles. The molecule has 0 amide bonds. The van der Waals surface area contributed by atoms with Crippen LogP contribution < -0.4 is 10.4 Å². The van der Waals surface area contributed by atoms with Crippen molar-refractivity contribution in [1.29, 1.82) is 0 Å². The summed E-state index contributed by atoms with van der Waals surface area (Å²) in [6.45, 7) is 9.56. The van der Waals surface area contributed by atoms with Crippen molar-refractivity contribution in [3.63, 3.8) is 0 Å². The summed E-state index contributed by atoms with van der Waals surface area (Å²) in [7, 11) is -2.47. The van der Waals surface area contributed by atoms with Crippen LogP contribution in [0.25, 0.3) is 0 Å². The fourth-order valence-corrected chi connectivity index (χ4v) is 10.1. The minimum absolute atomic E-state index is 0.00511. The average Bonchev–Trinajstić information content (AvgIpc) is 2.71. The van der Waals surface area contributed by atoms with E-state index in [0.29, 0.717) is 10.5 Å². The van der Waals surface area contributed by atoms with Crippen molar-refractivity contribution < 1.29 is 9.16 Å². The van der Waals surface area contributed by atoms with Crippen LogP contribution in [0.5, 0.6) is 0 Å². The smallest absolute Gasteiger partial charge is 0.261 e. The fourth-order valence-electron chi connectivity index (χ4n) is 4.50. The largest absolute Gasteiger partial charge is 0.407 e. The Labute approximate surface area is 197 Å². The van der Waals surface area contributed by atoms with Crippen LogP contribution in [0.4, 0.5) is 0 Å². The molecule has 1 heterocycles. The quantitative estimate of drug-likeness (QED) is 0.217. The number of hydrogen-bond acceptors (Lipinski definition) is 2. The first-order valence-corrected chi connectivity index (χ1v) is 14.0. The lowest BCUT2D eigenvalue weighted by atomic mass is 10.0. The second kappa shape index (κ2) is 10.5. The summed E-state index contributed by atoms with van der Waals surface area (Å²) >= 11 is 2.55. The van der Waals surface area contributed by atoms with Gasteiger partial charge in [-0.25, -0.2) is 0 Å². The van der Waals surface area contributed by atoms with Crippen molar-refractivity contribution in [3.8, 4) is 11.8 Å². The van der Waals surface area contributed by atoms with Crippen molar-refractivity contribution in [1.82, 2.24) is 0 Å². The minimum Gasteiger partial charge on any atom is -0.407 e. The van der Waals surface area contributed by atoms with Crippen molar-refractivity contribution in [2.75, 3.05) is 6.61 Å². The van der Waals surface area contributed by atoms with E-state index in [0.717, 1.165) is 19.3 Å². The average molecular weight is 533 g/mol. The number of hydrogen-bond donors (Lipinski definition) is 0. The number of halogens is 1. The monoisotopic (exact) mass is 532 g/mol. The zero-order chi connectivity index (χ0) is 21.6. The van der Waals surface area contributed by atoms with Gasteiger partial charge in [0, 0.05) is 10.5 Å². The highest BCUT2D eigenvalue weighted by Crippen LogP contribution is 2.37. The maximum atomic E-state index is 7.02. The molecule has 0 aromatic heterocycles. The number of alkyl halides is 1. The molecule has 0 radical (unpaired) electrons. The van der Waals surface area contributed by atoms with Gasteiger partial charge in [-0.3, -0.25) is 0 Å². The van der Waals surface area contributed by atoms with Crippen LogP contribution in [-0.4, -0.2) is 31.1 Å². The van der Waals surface area contributed by atoms with E-state index in [4.69, 9.17) is 9.16 Å². The predicted molar refractivity (Wildman–Crippen MR) is 137 cm³/mol. The first-order valence-electron chi connectivity index (χ1n) is 10.8. The molecule has 4 heteroatoms. The first-order chi connectivity index (χ1) is 14.4. The second-order valence-electron chi connectivity index (χ2n) is 9.01. The first kappa shape index (κ1) is 23.5. The maximum absolute atomic E-state index is 7.02. The summed E-state index contributed by atoms with van der Waals surface area (Å²) in [6, 6.07) is 21.7. The molecule has 1 aliphatic rings. The second-order valence-corrected chi connectivity index (χ2v) is 15.1. The number of ether oxygens (including phenoxy) is 1. The van der Waals surface area contributed by atoms with E-state index in [1.54, 1.807) is 0 Å². The van der Waals surface area contributed by atoms with E-state index in [-0.39, 0.29) is 17.2 Å². The Morgan fingerprint density at radius 1 is 1.00 bits per heavy atom. The SMILES string of the molecule is CC#C[C@@H]1C[C@@H](I)C[C@H](CCO[Si](c2ccccc2)(c2ccccc2)C(C)(C)C)O1. The highest BCUT2D eigenvalue weighted by Gasteiger charge is 2.50. The Kier molecular flexibility index (Phi) is 8.20. The van der Waals surface area contributed by atoms with Gasteiger partial charge in [-0.2, -0.15) is 0 Å². The van der Waals surface area contributed by atoms with Gasteiger partial charge >= 0.3 is 0 Å². The Morgan fingerprint density at radius 2 is 1.57 bits per heavy atom. The molecule has 3 atom stereocenters. The molecule has 0 aliphatic carbocycles. The molecule has 30 heavy (non-hydrogen) atoms. The van der Waals surface area contributed by atoms with Crippen LogP contribution >= 0.6 is 22.6 Å². The van der Waals surface area contributed by atoms with Gasteiger partial charge < -0.3 is 9.16 Å². The molecular weight excluding hydrogens is 499 g/mol. The normalized spacial score (nSPS) is 22.2. The lowest BCUT2D eigenvalue weighted by Gasteiger charge is -2.43.